The molecule has 0 aliphatic heterocycles. The summed E-state index contributed by atoms with van der Waals surface area (Å²) >= 11 is 0. The minimum absolute atomic E-state index is 0.00884. The van der Waals surface area contributed by atoms with Crippen LogP contribution < -0.4 is 0 Å². The first-order valence-corrected chi connectivity index (χ1v) is 13.1. The summed E-state index contributed by atoms with van der Waals surface area (Å²) in [6.45, 7) is 26.3. The molecule has 3 aromatic heterocycles. The van der Waals surface area contributed by atoms with Gasteiger partial charge in [0.25, 0.3) is 0 Å². The van der Waals surface area contributed by atoms with E-state index in [4.69, 9.17) is 15.2 Å². The lowest BCUT2D eigenvalue weighted by Gasteiger charge is -2.22. The quantitative estimate of drug-likeness (QED) is 0.324. The maximum atomic E-state index is 5.06. The van der Waals surface area contributed by atoms with Gasteiger partial charge in [-0.05, 0) is 62.1 Å². The molecule has 0 aliphatic rings. The highest BCUT2D eigenvalue weighted by atomic mass is 15.4. The van der Waals surface area contributed by atoms with Crippen LogP contribution in [-0.4, -0.2) is 25.8 Å². The first kappa shape index (κ1) is 27.6. The van der Waals surface area contributed by atoms with Crippen LogP contribution in [0.1, 0.15) is 129 Å². The van der Waals surface area contributed by atoms with Crippen molar-refractivity contribution in [2.75, 3.05) is 0 Å². The minimum atomic E-state index is -0.00884. The van der Waals surface area contributed by atoms with Crippen molar-refractivity contribution in [3.8, 4) is 0 Å². The van der Waals surface area contributed by atoms with E-state index in [0.29, 0.717) is 11.8 Å². The second-order valence-corrected chi connectivity index (χ2v) is 12.5. The average molecular weight is 488 g/mol. The second kappa shape index (κ2) is 10.2. The number of nitrogens with zero attached hydrogens (tertiary/aromatic N) is 5. The maximum Gasteiger partial charge on any atom is 0.0867 e. The van der Waals surface area contributed by atoms with E-state index < -0.39 is 0 Å². The molecule has 36 heavy (non-hydrogen) atoms. The molecular weight excluding hydrogens is 442 g/mol. The normalized spacial score (nSPS) is 13.8. The van der Waals surface area contributed by atoms with Gasteiger partial charge in [-0.1, -0.05) is 75.3 Å². The molecule has 0 bridgehead atoms. The maximum absolute atomic E-state index is 5.06. The number of hydrogen-bond acceptors (Lipinski definition) is 3. The van der Waals surface area contributed by atoms with Crippen molar-refractivity contribution in [2.24, 2.45) is 10.2 Å². The molecule has 0 aromatic carbocycles. The molecule has 0 N–H and O–H groups in total. The molecule has 0 spiro atoms. The van der Waals surface area contributed by atoms with Crippen LogP contribution in [0.5, 0.6) is 0 Å². The van der Waals surface area contributed by atoms with Crippen molar-refractivity contribution in [1.29, 1.82) is 0 Å². The summed E-state index contributed by atoms with van der Waals surface area (Å²) in [6.07, 6.45) is 0. The Hall–Kier alpha value is -2.95. The van der Waals surface area contributed by atoms with Crippen molar-refractivity contribution >= 4 is 11.4 Å². The Morgan fingerprint density at radius 1 is 0.639 bits per heavy atom. The van der Waals surface area contributed by atoms with Crippen LogP contribution in [0.3, 0.4) is 0 Å². The molecule has 3 aromatic rings. The first-order chi connectivity index (χ1) is 16.6. The van der Waals surface area contributed by atoms with Crippen LogP contribution in [0, 0.1) is 0 Å². The summed E-state index contributed by atoms with van der Waals surface area (Å²) in [4.78, 5) is 4.98. The van der Waals surface area contributed by atoms with E-state index in [2.05, 4.69) is 103 Å². The Labute approximate surface area is 218 Å². The molecule has 0 saturated carbocycles. The van der Waals surface area contributed by atoms with Crippen molar-refractivity contribution in [3.05, 3.63) is 76.6 Å². The van der Waals surface area contributed by atoms with Gasteiger partial charge in [0.05, 0.1) is 22.8 Å². The lowest BCUT2D eigenvalue weighted by molar-refractivity contribution is 0.528. The van der Waals surface area contributed by atoms with Gasteiger partial charge in [-0.3, -0.25) is 0 Å². The van der Waals surface area contributed by atoms with Gasteiger partial charge in [0.1, 0.15) is 0 Å². The van der Waals surface area contributed by atoms with Gasteiger partial charge in [-0.15, -0.1) is 0 Å². The fraction of sp³-hybridized carbons (Fsp3) is 0.516. The zero-order valence-corrected chi connectivity index (χ0v) is 24.4. The van der Waals surface area contributed by atoms with E-state index in [1.807, 2.05) is 32.0 Å². The van der Waals surface area contributed by atoms with Gasteiger partial charge >= 0.3 is 0 Å². The van der Waals surface area contributed by atoms with Crippen LogP contribution in [0.15, 0.2) is 52.7 Å². The lowest BCUT2D eigenvalue weighted by atomic mass is 9.92. The number of hydrogen-bond donors (Lipinski definition) is 0. The molecule has 0 atom stereocenters. The van der Waals surface area contributed by atoms with E-state index in [-0.39, 0.29) is 10.8 Å². The predicted octanol–water partition coefficient (Wildman–Crippen LogP) is 8.07. The minimum Gasteiger partial charge on any atom is -0.245 e. The Balaban J connectivity index is 2.07. The number of aromatic nitrogens is 3. The fourth-order valence-electron chi connectivity index (χ4n) is 4.36. The van der Waals surface area contributed by atoms with Gasteiger partial charge in [0.15, 0.2) is 0 Å². The second-order valence-electron chi connectivity index (χ2n) is 12.5. The molecule has 3 rings (SSSR count). The molecule has 0 amide bonds. The molecule has 5 heteroatoms. The third-order valence-corrected chi connectivity index (χ3v) is 6.48. The average Bonchev–Trinajstić information content (AvgIpc) is 3.38. The number of pyridine rings is 1. The summed E-state index contributed by atoms with van der Waals surface area (Å²) in [6, 6.07) is 14.9. The van der Waals surface area contributed by atoms with E-state index in [9.17, 15) is 0 Å². The lowest BCUT2D eigenvalue weighted by Crippen LogP contribution is -2.19. The van der Waals surface area contributed by atoms with Gasteiger partial charge in [0.2, 0.25) is 0 Å². The Kier molecular flexibility index (Phi) is 7.83. The topological polar surface area (TPSA) is 47.5 Å². The zero-order chi connectivity index (χ0) is 27.0. The van der Waals surface area contributed by atoms with Gasteiger partial charge in [-0.25, -0.2) is 14.3 Å². The highest BCUT2D eigenvalue weighted by Crippen LogP contribution is 2.29. The molecule has 0 unspecified atom stereocenters. The third kappa shape index (κ3) is 5.88. The van der Waals surface area contributed by atoms with E-state index in [0.717, 1.165) is 22.8 Å². The Bertz CT molecular complexity index is 1170. The van der Waals surface area contributed by atoms with Crippen molar-refractivity contribution in [1.82, 2.24) is 14.3 Å². The van der Waals surface area contributed by atoms with E-state index in [1.54, 1.807) is 0 Å². The van der Waals surface area contributed by atoms with Crippen molar-refractivity contribution < 1.29 is 0 Å². The molecule has 5 nitrogen and oxygen atoms in total. The monoisotopic (exact) mass is 487 g/mol. The Morgan fingerprint density at radius 3 is 1.31 bits per heavy atom. The summed E-state index contributed by atoms with van der Waals surface area (Å²) in [5.74, 6) is 0.750. The smallest absolute Gasteiger partial charge is 0.0867 e. The van der Waals surface area contributed by atoms with Crippen LogP contribution in [0.2, 0.25) is 0 Å². The largest absolute Gasteiger partial charge is 0.245 e. The van der Waals surface area contributed by atoms with E-state index in [1.165, 1.54) is 22.8 Å². The molecule has 194 valence electrons. The van der Waals surface area contributed by atoms with Crippen LogP contribution in [0.4, 0.5) is 0 Å². The summed E-state index contributed by atoms with van der Waals surface area (Å²) in [5.41, 5.74) is 8.27. The molecule has 0 fully saturated rings. The molecule has 0 saturated heterocycles. The number of rotatable bonds is 6. The van der Waals surface area contributed by atoms with Gasteiger partial charge in [0, 0.05) is 33.6 Å². The van der Waals surface area contributed by atoms with Crippen LogP contribution in [-0.2, 0) is 10.8 Å². The molecular formula is C31H45N5. The summed E-state index contributed by atoms with van der Waals surface area (Å²) < 4.78 is 4.22. The molecule has 0 aliphatic carbocycles. The van der Waals surface area contributed by atoms with Crippen molar-refractivity contribution in [2.45, 2.75) is 106 Å². The zero-order valence-electron chi connectivity index (χ0n) is 24.4. The molecule has 3 heterocycles. The van der Waals surface area contributed by atoms with Gasteiger partial charge in [-0.2, -0.15) is 10.2 Å². The standard InChI is InChI=1S/C31H45N5/c1-20(2)26-16-18-28(30(7,8)9)35(26)33-22(5)24-14-13-15-25(32-24)23(6)34-36-27(21(3)4)17-19-29(36)31(10,11)12/h13-21H,1-12H3/b33-22+,34-23+. The summed E-state index contributed by atoms with van der Waals surface area (Å²) in [5, 5.41) is 10.1. The SMILES string of the molecule is C/C(=N\n1c(C(C)C)ccc1C(C)(C)C)c1cccc(/C(C)=N/n2c(C(C)C)ccc2C(C)(C)C)n1. The highest BCUT2D eigenvalue weighted by molar-refractivity contribution is 6.00. The van der Waals surface area contributed by atoms with Gasteiger partial charge < -0.3 is 0 Å². The van der Waals surface area contributed by atoms with E-state index >= 15 is 0 Å². The third-order valence-electron chi connectivity index (χ3n) is 6.48. The molecule has 0 radical (unpaired) electrons. The highest BCUT2D eigenvalue weighted by Gasteiger charge is 2.23. The van der Waals surface area contributed by atoms with Crippen LogP contribution in [0.25, 0.3) is 0 Å². The van der Waals surface area contributed by atoms with Crippen LogP contribution >= 0.6 is 0 Å². The summed E-state index contributed by atoms with van der Waals surface area (Å²) in [7, 11) is 0. The predicted molar refractivity (Wildman–Crippen MR) is 154 cm³/mol. The first-order valence-electron chi connectivity index (χ1n) is 13.1. The fourth-order valence-corrected chi connectivity index (χ4v) is 4.36. The Morgan fingerprint density at radius 2 is 1.00 bits per heavy atom. The van der Waals surface area contributed by atoms with Crippen molar-refractivity contribution in [3.63, 3.8) is 0 Å².